The minimum absolute atomic E-state index is 0.0206. The van der Waals surface area contributed by atoms with Crippen LogP contribution in [0.3, 0.4) is 0 Å². The molecule has 2 aromatic carbocycles. The molecule has 0 aromatic heterocycles. The SMILES string of the molecule is CCN(CC)CCCN1C(=O)C(=O)/C(=C(/O)c2ccc(OC)cc2)[C@H]1c1ccc(C(C)(C)C)cc1. The molecule has 6 nitrogen and oxygen atoms in total. The molecule has 0 bridgehead atoms. The maximum absolute atomic E-state index is 13.2. The zero-order valence-corrected chi connectivity index (χ0v) is 21.8. The van der Waals surface area contributed by atoms with Gasteiger partial charge in [-0.1, -0.05) is 58.9 Å². The van der Waals surface area contributed by atoms with E-state index in [1.165, 1.54) is 0 Å². The highest BCUT2D eigenvalue weighted by molar-refractivity contribution is 6.46. The van der Waals surface area contributed by atoms with Gasteiger partial charge >= 0.3 is 0 Å². The molecule has 1 fully saturated rings. The van der Waals surface area contributed by atoms with Crippen LogP contribution in [-0.4, -0.2) is 59.9 Å². The first-order chi connectivity index (χ1) is 16.6. The number of nitrogens with zero attached hydrogens (tertiary/aromatic N) is 2. The summed E-state index contributed by atoms with van der Waals surface area (Å²) in [7, 11) is 1.57. The Bertz CT molecular complexity index is 1060. The van der Waals surface area contributed by atoms with Crippen molar-refractivity contribution in [2.24, 2.45) is 0 Å². The van der Waals surface area contributed by atoms with Crippen molar-refractivity contribution in [1.29, 1.82) is 0 Å². The first-order valence-corrected chi connectivity index (χ1v) is 12.4. The Morgan fingerprint density at radius 1 is 1.00 bits per heavy atom. The Morgan fingerprint density at radius 2 is 1.60 bits per heavy atom. The standard InChI is InChI=1S/C29H38N2O4/c1-7-30(8-2)18-9-19-31-25(20-10-14-22(15-11-20)29(3,4)5)24(27(33)28(31)34)26(32)21-12-16-23(35-6)17-13-21/h10-17,25,32H,7-9,18-19H2,1-6H3/b26-24+/t25-/m1/s1. The van der Waals surface area contributed by atoms with E-state index in [-0.39, 0.29) is 16.7 Å². The van der Waals surface area contributed by atoms with Crippen molar-refractivity contribution in [3.63, 3.8) is 0 Å². The number of aliphatic hydroxyl groups is 1. The van der Waals surface area contributed by atoms with Crippen molar-refractivity contribution in [2.75, 3.05) is 33.3 Å². The molecule has 6 heteroatoms. The van der Waals surface area contributed by atoms with Gasteiger partial charge in [0.15, 0.2) is 0 Å². The van der Waals surface area contributed by atoms with Crippen LogP contribution < -0.4 is 4.74 Å². The number of amides is 1. The predicted octanol–water partition coefficient (Wildman–Crippen LogP) is 5.15. The number of methoxy groups -OCH3 is 1. The first kappa shape index (κ1) is 26.5. The smallest absolute Gasteiger partial charge is 0.295 e. The van der Waals surface area contributed by atoms with E-state index in [1.807, 2.05) is 24.3 Å². The normalized spacial score (nSPS) is 17.9. The van der Waals surface area contributed by atoms with E-state index in [4.69, 9.17) is 4.74 Å². The molecule has 1 N–H and O–H groups in total. The zero-order chi connectivity index (χ0) is 25.8. The summed E-state index contributed by atoms with van der Waals surface area (Å²) >= 11 is 0. The molecular weight excluding hydrogens is 440 g/mol. The second-order valence-electron chi connectivity index (χ2n) is 9.97. The fraction of sp³-hybridized carbons (Fsp3) is 0.448. The van der Waals surface area contributed by atoms with Crippen molar-refractivity contribution in [3.05, 3.63) is 70.8 Å². The molecule has 1 aliphatic heterocycles. The van der Waals surface area contributed by atoms with Gasteiger partial charge in [0.05, 0.1) is 18.7 Å². The predicted molar refractivity (Wildman–Crippen MR) is 140 cm³/mol. The highest BCUT2D eigenvalue weighted by Gasteiger charge is 2.45. The number of aliphatic hydroxyl groups excluding tert-OH is 1. The molecule has 1 aliphatic rings. The average molecular weight is 479 g/mol. The van der Waals surface area contributed by atoms with Crippen molar-refractivity contribution < 1.29 is 19.4 Å². The third kappa shape index (κ3) is 5.76. The van der Waals surface area contributed by atoms with Gasteiger partial charge in [0.25, 0.3) is 11.7 Å². The maximum atomic E-state index is 13.2. The van der Waals surface area contributed by atoms with Crippen LogP contribution in [0.25, 0.3) is 5.76 Å². The van der Waals surface area contributed by atoms with Gasteiger partial charge in [-0.2, -0.15) is 0 Å². The third-order valence-corrected chi connectivity index (χ3v) is 6.76. The Kier molecular flexibility index (Phi) is 8.39. The molecule has 1 saturated heterocycles. The van der Waals surface area contributed by atoms with E-state index in [0.29, 0.717) is 17.9 Å². The van der Waals surface area contributed by atoms with Crippen LogP contribution in [0.15, 0.2) is 54.1 Å². The number of rotatable bonds is 9. The summed E-state index contributed by atoms with van der Waals surface area (Å²) in [5, 5.41) is 11.2. The summed E-state index contributed by atoms with van der Waals surface area (Å²) < 4.78 is 5.21. The van der Waals surface area contributed by atoms with Gasteiger partial charge in [-0.15, -0.1) is 0 Å². The summed E-state index contributed by atoms with van der Waals surface area (Å²) in [5.41, 5.74) is 2.56. The molecule has 1 amide bonds. The van der Waals surface area contributed by atoms with Gasteiger partial charge in [0, 0.05) is 12.1 Å². The summed E-state index contributed by atoms with van der Waals surface area (Å²) in [6.45, 7) is 13.8. The van der Waals surface area contributed by atoms with Gasteiger partial charge in [0.2, 0.25) is 0 Å². The molecule has 2 aromatic rings. The number of carbonyl (C=O) groups excluding carboxylic acids is 2. The zero-order valence-electron chi connectivity index (χ0n) is 21.8. The Labute approximate surface area is 209 Å². The number of benzene rings is 2. The highest BCUT2D eigenvalue weighted by atomic mass is 16.5. The lowest BCUT2D eigenvalue weighted by molar-refractivity contribution is -0.140. The van der Waals surface area contributed by atoms with E-state index >= 15 is 0 Å². The summed E-state index contributed by atoms with van der Waals surface area (Å²) in [5.74, 6) is -0.731. The molecule has 0 aliphatic carbocycles. The number of hydrogen-bond donors (Lipinski definition) is 1. The van der Waals surface area contributed by atoms with Gasteiger partial charge in [0.1, 0.15) is 11.5 Å². The molecule has 1 atom stereocenters. The molecule has 0 saturated carbocycles. The van der Waals surface area contributed by atoms with Gasteiger partial charge in [-0.25, -0.2) is 0 Å². The molecular formula is C29H38N2O4. The van der Waals surface area contributed by atoms with Crippen LogP contribution in [0.4, 0.5) is 0 Å². The lowest BCUT2D eigenvalue weighted by atomic mass is 9.85. The van der Waals surface area contributed by atoms with Crippen molar-refractivity contribution in [1.82, 2.24) is 9.80 Å². The highest BCUT2D eigenvalue weighted by Crippen LogP contribution is 2.40. The van der Waals surface area contributed by atoms with E-state index < -0.39 is 17.7 Å². The maximum Gasteiger partial charge on any atom is 0.295 e. The fourth-order valence-corrected chi connectivity index (χ4v) is 4.53. The minimum Gasteiger partial charge on any atom is -0.507 e. The largest absolute Gasteiger partial charge is 0.507 e. The number of Topliss-reactive ketones (excluding diaryl/α,β-unsaturated/α-hetero) is 1. The number of carbonyl (C=O) groups is 2. The summed E-state index contributed by atoms with van der Waals surface area (Å²) in [6, 6.07) is 14.2. The van der Waals surface area contributed by atoms with Gasteiger partial charge in [-0.05, 0) is 66.9 Å². The summed E-state index contributed by atoms with van der Waals surface area (Å²) in [6.07, 6.45) is 0.744. The van der Waals surface area contributed by atoms with E-state index in [9.17, 15) is 14.7 Å². The molecule has 3 rings (SSSR count). The van der Waals surface area contributed by atoms with E-state index in [0.717, 1.165) is 37.2 Å². The Morgan fingerprint density at radius 3 is 2.11 bits per heavy atom. The number of ketones is 1. The topological polar surface area (TPSA) is 70.1 Å². The fourth-order valence-electron chi connectivity index (χ4n) is 4.53. The molecule has 35 heavy (non-hydrogen) atoms. The minimum atomic E-state index is -0.647. The monoisotopic (exact) mass is 478 g/mol. The number of ether oxygens (including phenoxy) is 1. The first-order valence-electron chi connectivity index (χ1n) is 12.4. The van der Waals surface area contributed by atoms with Gasteiger partial charge < -0.3 is 19.6 Å². The van der Waals surface area contributed by atoms with Crippen molar-refractivity contribution in [2.45, 2.75) is 52.5 Å². The van der Waals surface area contributed by atoms with Crippen LogP contribution in [0.5, 0.6) is 5.75 Å². The second kappa shape index (κ2) is 11.1. The lowest BCUT2D eigenvalue weighted by Crippen LogP contribution is -2.33. The number of hydrogen-bond acceptors (Lipinski definition) is 5. The quantitative estimate of drug-likeness (QED) is 0.307. The Hall–Kier alpha value is -3.12. The van der Waals surface area contributed by atoms with Crippen LogP contribution in [0, 0.1) is 0 Å². The lowest BCUT2D eigenvalue weighted by Gasteiger charge is -2.27. The van der Waals surface area contributed by atoms with E-state index in [1.54, 1.807) is 36.3 Å². The van der Waals surface area contributed by atoms with Gasteiger partial charge in [-0.3, -0.25) is 9.59 Å². The average Bonchev–Trinajstić information content (AvgIpc) is 3.10. The molecule has 0 spiro atoms. The van der Waals surface area contributed by atoms with Crippen LogP contribution >= 0.6 is 0 Å². The molecule has 1 heterocycles. The van der Waals surface area contributed by atoms with Crippen molar-refractivity contribution in [3.8, 4) is 5.75 Å². The molecule has 0 radical (unpaired) electrons. The third-order valence-electron chi connectivity index (χ3n) is 6.76. The van der Waals surface area contributed by atoms with E-state index in [2.05, 4.69) is 39.5 Å². The Balaban J connectivity index is 2.04. The van der Waals surface area contributed by atoms with Crippen molar-refractivity contribution >= 4 is 17.4 Å². The van der Waals surface area contributed by atoms with Crippen LogP contribution in [-0.2, 0) is 15.0 Å². The molecule has 0 unspecified atom stereocenters. The van der Waals surface area contributed by atoms with Crippen LogP contribution in [0.2, 0.25) is 0 Å². The van der Waals surface area contributed by atoms with Crippen LogP contribution in [0.1, 0.15) is 63.8 Å². The summed E-state index contributed by atoms with van der Waals surface area (Å²) in [4.78, 5) is 30.3. The number of likely N-dealkylation sites (tertiary alicyclic amines) is 1. The molecule has 188 valence electrons. The second-order valence-corrected chi connectivity index (χ2v) is 9.97.